The maximum absolute atomic E-state index is 12.3. The summed E-state index contributed by atoms with van der Waals surface area (Å²) in [6, 6.07) is 1.74. The fourth-order valence-corrected chi connectivity index (χ4v) is 2.34. The molecule has 108 valence electrons. The number of amides is 1. The van der Waals surface area contributed by atoms with Crippen LogP contribution in [0.5, 0.6) is 0 Å². The van der Waals surface area contributed by atoms with E-state index in [9.17, 15) is 4.79 Å². The Morgan fingerprint density at radius 3 is 2.60 bits per heavy atom. The summed E-state index contributed by atoms with van der Waals surface area (Å²) in [6.45, 7) is 7.96. The molecule has 0 radical (unpaired) electrons. The zero-order chi connectivity index (χ0) is 14.9. The molecule has 0 saturated carbocycles. The highest BCUT2D eigenvalue weighted by atomic mass is 16.3. The molecule has 0 aliphatic heterocycles. The van der Waals surface area contributed by atoms with Crippen molar-refractivity contribution < 1.29 is 9.21 Å². The van der Waals surface area contributed by atoms with Gasteiger partial charge in [-0.1, -0.05) is 13.8 Å². The molecular weight excluding hydrogens is 254 g/mol. The van der Waals surface area contributed by atoms with Crippen molar-refractivity contribution in [2.45, 2.75) is 39.7 Å². The lowest BCUT2D eigenvalue weighted by Gasteiger charge is -2.13. The van der Waals surface area contributed by atoms with Gasteiger partial charge in [-0.15, -0.1) is 0 Å². The zero-order valence-electron chi connectivity index (χ0n) is 12.6. The standard InChI is InChI=1S/C15H21N3O2/c1-9(2)12-6-7-20-14(12)15(19)16-10(3)13-8-18(5)17-11(13)4/h6-10H,1-5H3,(H,16,19). The second-order valence-corrected chi connectivity index (χ2v) is 5.40. The maximum atomic E-state index is 12.3. The molecule has 1 amide bonds. The SMILES string of the molecule is Cc1nn(C)cc1C(C)NC(=O)c1occc1C(C)C. The molecule has 20 heavy (non-hydrogen) atoms. The fraction of sp³-hybridized carbons (Fsp3) is 0.467. The maximum Gasteiger partial charge on any atom is 0.287 e. The minimum atomic E-state index is -0.186. The van der Waals surface area contributed by atoms with Gasteiger partial charge in [-0.05, 0) is 25.8 Å². The number of hydrogen-bond donors (Lipinski definition) is 1. The van der Waals surface area contributed by atoms with E-state index in [4.69, 9.17) is 4.42 Å². The molecule has 1 N–H and O–H groups in total. The van der Waals surface area contributed by atoms with E-state index in [1.54, 1.807) is 10.9 Å². The highest BCUT2D eigenvalue weighted by Crippen LogP contribution is 2.22. The number of hydrogen-bond acceptors (Lipinski definition) is 3. The largest absolute Gasteiger partial charge is 0.459 e. The van der Waals surface area contributed by atoms with Crippen LogP contribution in [-0.4, -0.2) is 15.7 Å². The Hall–Kier alpha value is -2.04. The van der Waals surface area contributed by atoms with Crippen molar-refractivity contribution in [2.24, 2.45) is 7.05 Å². The Morgan fingerprint density at radius 1 is 1.35 bits per heavy atom. The minimum Gasteiger partial charge on any atom is -0.459 e. The highest BCUT2D eigenvalue weighted by Gasteiger charge is 2.21. The number of aryl methyl sites for hydroxylation is 2. The van der Waals surface area contributed by atoms with E-state index >= 15 is 0 Å². The second kappa shape index (κ2) is 5.53. The van der Waals surface area contributed by atoms with Crippen LogP contribution in [0.15, 0.2) is 22.9 Å². The minimum absolute atomic E-state index is 0.110. The van der Waals surface area contributed by atoms with E-state index in [0.29, 0.717) is 5.76 Å². The molecule has 5 heteroatoms. The number of aromatic nitrogens is 2. The molecule has 1 atom stereocenters. The monoisotopic (exact) mass is 275 g/mol. The highest BCUT2D eigenvalue weighted by molar-refractivity contribution is 5.93. The molecule has 0 aromatic carbocycles. The van der Waals surface area contributed by atoms with Crippen molar-refractivity contribution in [2.75, 3.05) is 0 Å². The first-order chi connectivity index (χ1) is 9.40. The molecule has 0 bridgehead atoms. The van der Waals surface area contributed by atoms with Crippen LogP contribution in [0.4, 0.5) is 0 Å². The molecule has 5 nitrogen and oxygen atoms in total. The average molecular weight is 275 g/mol. The van der Waals surface area contributed by atoms with Gasteiger partial charge >= 0.3 is 0 Å². The van der Waals surface area contributed by atoms with Gasteiger partial charge < -0.3 is 9.73 Å². The molecule has 2 heterocycles. The summed E-state index contributed by atoms with van der Waals surface area (Å²) >= 11 is 0. The Balaban J connectivity index is 2.15. The van der Waals surface area contributed by atoms with Crippen molar-refractivity contribution in [3.63, 3.8) is 0 Å². The van der Waals surface area contributed by atoms with E-state index in [1.807, 2.05) is 47.0 Å². The number of rotatable bonds is 4. The molecule has 0 aliphatic carbocycles. The van der Waals surface area contributed by atoms with Crippen LogP contribution in [0.1, 0.15) is 60.1 Å². The van der Waals surface area contributed by atoms with Gasteiger partial charge in [0.05, 0.1) is 18.0 Å². The summed E-state index contributed by atoms with van der Waals surface area (Å²) in [5.41, 5.74) is 2.86. The number of nitrogens with zero attached hydrogens (tertiary/aromatic N) is 2. The van der Waals surface area contributed by atoms with E-state index in [0.717, 1.165) is 16.8 Å². The summed E-state index contributed by atoms with van der Waals surface area (Å²) in [7, 11) is 1.87. The summed E-state index contributed by atoms with van der Waals surface area (Å²) in [5, 5.41) is 7.25. The fourth-order valence-electron chi connectivity index (χ4n) is 2.34. The molecule has 2 aromatic heterocycles. The lowest BCUT2D eigenvalue weighted by atomic mass is 10.0. The van der Waals surface area contributed by atoms with Gasteiger partial charge in [0.2, 0.25) is 0 Å². The van der Waals surface area contributed by atoms with E-state index in [-0.39, 0.29) is 17.9 Å². The molecule has 2 rings (SSSR count). The second-order valence-electron chi connectivity index (χ2n) is 5.40. The van der Waals surface area contributed by atoms with Crippen LogP contribution in [-0.2, 0) is 7.05 Å². The van der Waals surface area contributed by atoms with Crippen LogP contribution in [0.3, 0.4) is 0 Å². The van der Waals surface area contributed by atoms with Crippen molar-refractivity contribution >= 4 is 5.91 Å². The zero-order valence-corrected chi connectivity index (χ0v) is 12.6. The molecular formula is C15H21N3O2. The lowest BCUT2D eigenvalue weighted by molar-refractivity contribution is 0.0910. The first kappa shape index (κ1) is 14.4. The van der Waals surface area contributed by atoms with Gasteiger partial charge in [-0.3, -0.25) is 9.48 Å². The Morgan fingerprint density at radius 2 is 2.05 bits per heavy atom. The third-order valence-electron chi connectivity index (χ3n) is 3.39. The Labute approximate surface area is 119 Å². The van der Waals surface area contributed by atoms with Crippen LogP contribution in [0, 0.1) is 6.92 Å². The van der Waals surface area contributed by atoms with Crippen molar-refractivity contribution in [1.82, 2.24) is 15.1 Å². The number of carbonyl (C=O) groups excluding carboxylic acids is 1. The first-order valence-electron chi connectivity index (χ1n) is 6.78. The molecule has 0 spiro atoms. The summed E-state index contributed by atoms with van der Waals surface area (Å²) < 4.78 is 7.08. The first-order valence-corrected chi connectivity index (χ1v) is 6.78. The smallest absolute Gasteiger partial charge is 0.287 e. The molecule has 0 saturated heterocycles. The van der Waals surface area contributed by atoms with Crippen LogP contribution >= 0.6 is 0 Å². The quantitative estimate of drug-likeness (QED) is 0.933. The van der Waals surface area contributed by atoms with Gasteiger partial charge in [-0.2, -0.15) is 5.10 Å². The van der Waals surface area contributed by atoms with Gasteiger partial charge in [0, 0.05) is 24.4 Å². The van der Waals surface area contributed by atoms with Crippen molar-refractivity contribution in [1.29, 1.82) is 0 Å². The molecule has 2 aromatic rings. The van der Waals surface area contributed by atoms with Crippen molar-refractivity contribution in [3.05, 3.63) is 41.1 Å². The lowest BCUT2D eigenvalue weighted by Crippen LogP contribution is -2.27. The molecule has 0 aliphatic rings. The third-order valence-corrected chi connectivity index (χ3v) is 3.39. The van der Waals surface area contributed by atoms with Crippen molar-refractivity contribution in [3.8, 4) is 0 Å². The summed E-state index contributed by atoms with van der Waals surface area (Å²) in [6.07, 6.45) is 3.48. The van der Waals surface area contributed by atoms with Gasteiger partial charge in [0.15, 0.2) is 5.76 Å². The molecule has 1 unspecified atom stereocenters. The van der Waals surface area contributed by atoms with E-state index in [2.05, 4.69) is 10.4 Å². The number of furan rings is 1. The van der Waals surface area contributed by atoms with Crippen LogP contribution < -0.4 is 5.32 Å². The number of carbonyl (C=O) groups is 1. The predicted molar refractivity (Wildman–Crippen MR) is 76.6 cm³/mol. The van der Waals surface area contributed by atoms with E-state index in [1.165, 1.54) is 0 Å². The van der Waals surface area contributed by atoms with Gasteiger partial charge in [0.1, 0.15) is 0 Å². The number of nitrogens with one attached hydrogen (secondary N) is 1. The summed E-state index contributed by atoms with van der Waals surface area (Å²) in [5.74, 6) is 0.466. The average Bonchev–Trinajstić information content (AvgIpc) is 2.95. The van der Waals surface area contributed by atoms with Crippen LogP contribution in [0.25, 0.3) is 0 Å². The molecule has 0 fully saturated rings. The summed E-state index contributed by atoms with van der Waals surface area (Å²) in [4.78, 5) is 12.3. The Bertz CT molecular complexity index is 610. The van der Waals surface area contributed by atoms with Gasteiger partial charge in [-0.25, -0.2) is 0 Å². The van der Waals surface area contributed by atoms with E-state index < -0.39 is 0 Å². The normalized spacial score (nSPS) is 12.7. The topological polar surface area (TPSA) is 60.1 Å². The third kappa shape index (κ3) is 2.76. The predicted octanol–water partition coefficient (Wildman–Crippen LogP) is 2.94. The Kier molecular flexibility index (Phi) is 3.97. The van der Waals surface area contributed by atoms with Crippen LogP contribution in [0.2, 0.25) is 0 Å². The van der Waals surface area contributed by atoms with Gasteiger partial charge in [0.25, 0.3) is 5.91 Å².